The van der Waals surface area contributed by atoms with Crippen LogP contribution in [0.2, 0.25) is 15.1 Å². The molecule has 0 spiro atoms. The Morgan fingerprint density at radius 3 is 2.20 bits per heavy atom. The summed E-state index contributed by atoms with van der Waals surface area (Å²) in [7, 11) is 0. The van der Waals surface area contributed by atoms with E-state index in [1.807, 2.05) is 13.8 Å². The molecule has 4 nitrogen and oxygen atoms in total. The van der Waals surface area contributed by atoms with Gasteiger partial charge in [0.05, 0.1) is 20.6 Å². The standard InChI is InChI=1S/C18H17Cl3N2O2/c1-10(2)16(23-17(24)12-5-3-4-6-13(12)19)18(25)22-11-7-8-14(20)15(21)9-11/h3-10,16H,1-2H3,(H,22,25)(H,23,24). The van der Waals surface area contributed by atoms with E-state index in [0.29, 0.717) is 26.3 Å². The van der Waals surface area contributed by atoms with Gasteiger partial charge >= 0.3 is 0 Å². The molecule has 0 fully saturated rings. The van der Waals surface area contributed by atoms with Gasteiger partial charge in [0.15, 0.2) is 0 Å². The topological polar surface area (TPSA) is 58.2 Å². The van der Waals surface area contributed by atoms with E-state index >= 15 is 0 Å². The number of carbonyl (C=O) groups is 2. The predicted molar refractivity (Wildman–Crippen MR) is 103 cm³/mol. The molecular formula is C18H17Cl3N2O2. The summed E-state index contributed by atoms with van der Waals surface area (Å²) in [6.45, 7) is 3.68. The smallest absolute Gasteiger partial charge is 0.253 e. The average Bonchev–Trinajstić information content (AvgIpc) is 2.55. The van der Waals surface area contributed by atoms with Crippen LogP contribution in [-0.4, -0.2) is 17.9 Å². The molecule has 0 aliphatic carbocycles. The highest BCUT2D eigenvalue weighted by Crippen LogP contribution is 2.25. The summed E-state index contributed by atoms with van der Waals surface area (Å²) in [5.74, 6) is -0.892. The third kappa shape index (κ3) is 5.11. The largest absolute Gasteiger partial charge is 0.340 e. The summed E-state index contributed by atoms with van der Waals surface area (Å²) in [6.07, 6.45) is 0. The van der Waals surface area contributed by atoms with Crippen LogP contribution in [0.3, 0.4) is 0 Å². The minimum Gasteiger partial charge on any atom is -0.340 e. The van der Waals surface area contributed by atoms with Crippen molar-refractivity contribution in [3.8, 4) is 0 Å². The van der Waals surface area contributed by atoms with Crippen molar-refractivity contribution >= 4 is 52.3 Å². The van der Waals surface area contributed by atoms with Crippen molar-refractivity contribution in [2.24, 2.45) is 5.92 Å². The summed E-state index contributed by atoms with van der Waals surface area (Å²) in [4.78, 5) is 25.0. The molecule has 2 aromatic carbocycles. The van der Waals surface area contributed by atoms with Gasteiger partial charge in [-0.1, -0.05) is 60.8 Å². The molecule has 0 aliphatic rings. The average molecular weight is 400 g/mol. The lowest BCUT2D eigenvalue weighted by atomic mass is 10.0. The van der Waals surface area contributed by atoms with Gasteiger partial charge < -0.3 is 10.6 Å². The molecule has 0 radical (unpaired) electrons. The van der Waals surface area contributed by atoms with Crippen LogP contribution in [0.5, 0.6) is 0 Å². The minimum atomic E-state index is -0.738. The summed E-state index contributed by atoms with van der Waals surface area (Å²) in [5, 5.41) is 6.51. The number of hydrogen-bond acceptors (Lipinski definition) is 2. The highest BCUT2D eigenvalue weighted by Gasteiger charge is 2.25. The van der Waals surface area contributed by atoms with Gasteiger partial charge in [0.25, 0.3) is 5.91 Å². The second kappa shape index (κ2) is 8.56. The van der Waals surface area contributed by atoms with Gasteiger partial charge in [-0.15, -0.1) is 0 Å². The fraction of sp³-hybridized carbons (Fsp3) is 0.222. The molecule has 132 valence electrons. The van der Waals surface area contributed by atoms with Crippen LogP contribution in [0.4, 0.5) is 5.69 Å². The molecule has 2 rings (SSSR count). The fourth-order valence-electron chi connectivity index (χ4n) is 2.19. The van der Waals surface area contributed by atoms with E-state index in [2.05, 4.69) is 10.6 Å². The molecule has 0 saturated carbocycles. The summed E-state index contributed by atoms with van der Waals surface area (Å²) in [6, 6.07) is 10.7. The molecule has 25 heavy (non-hydrogen) atoms. The van der Waals surface area contributed by atoms with Crippen molar-refractivity contribution in [2.45, 2.75) is 19.9 Å². The maximum atomic E-state index is 12.6. The Morgan fingerprint density at radius 2 is 1.60 bits per heavy atom. The minimum absolute atomic E-state index is 0.130. The molecule has 0 bridgehead atoms. The Labute approximate surface area is 161 Å². The van der Waals surface area contributed by atoms with Crippen molar-refractivity contribution in [2.75, 3.05) is 5.32 Å². The van der Waals surface area contributed by atoms with E-state index in [-0.39, 0.29) is 11.8 Å². The van der Waals surface area contributed by atoms with E-state index < -0.39 is 11.9 Å². The first-order chi connectivity index (χ1) is 11.8. The zero-order chi connectivity index (χ0) is 18.6. The number of anilines is 1. The van der Waals surface area contributed by atoms with Crippen LogP contribution >= 0.6 is 34.8 Å². The number of benzene rings is 2. The van der Waals surface area contributed by atoms with Crippen LogP contribution in [0.1, 0.15) is 24.2 Å². The number of amides is 2. The molecule has 2 N–H and O–H groups in total. The van der Waals surface area contributed by atoms with Gasteiger partial charge in [0.1, 0.15) is 6.04 Å². The highest BCUT2D eigenvalue weighted by atomic mass is 35.5. The number of hydrogen-bond donors (Lipinski definition) is 2. The Balaban J connectivity index is 2.14. The van der Waals surface area contributed by atoms with Gasteiger partial charge in [-0.05, 0) is 36.2 Å². The lowest BCUT2D eigenvalue weighted by Gasteiger charge is -2.22. The van der Waals surface area contributed by atoms with Gasteiger partial charge in [-0.25, -0.2) is 0 Å². The predicted octanol–water partition coefficient (Wildman–Crippen LogP) is 5.04. The monoisotopic (exact) mass is 398 g/mol. The normalized spacial score (nSPS) is 11.9. The second-order valence-electron chi connectivity index (χ2n) is 5.79. The maximum absolute atomic E-state index is 12.6. The first kappa shape index (κ1) is 19.6. The second-order valence-corrected chi connectivity index (χ2v) is 7.01. The first-order valence-corrected chi connectivity index (χ1v) is 8.74. The highest BCUT2D eigenvalue weighted by molar-refractivity contribution is 6.42. The van der Waals surface area contributed by atoms with Crippen molar-refractivity contribution in [3.05, 3.63) is 63.1 Å². The van der Waals surface area contributed by atoms with Gasteiger partial charge in [-0.3, -0.25) is 9.59 Å². The Kier molecular flexibility index (Phi) is 6.71. The number of halogens is 3. The van der Waals surface area contributed by atoms with Gasteiger partial charge in [0, 0.05) is 5.69 Å². The van der Waals surface area contributed by atoms with Crippen LogP contribution < -0.4 is 10.6 Å². The van der Waals surface area contributed by atoms with E-state index in [4.69, 9.17) is 34.8 Å². The molecule has 1 unspecified atom stereocenters. The Morgan fingerprint density at radius 1 is 0.920 bits per heavy atom. The van der Waals surface area contributed by atoms with Crippen molar-refractivity contribution in [1.29, 1.82) is 0 Å². The molecule has 2 amide bonds. The first-order valence-electron chi connectivity index (χ1n) is 7.61. The van der Waals surface area contributed by atoms with Crippen LogP contribution in [0, 0.1) is 5.92 Å². The Hall–Kier alpha value is -1.75. The van der Waals surface area contributed by atoms with E-state index in [0.717, 1.165) is 0 Å². The Bertz CT molecular complexity index is 794. The van der Waals surface area contributed by atoms with Crippen molar-refractivity contribution < 1.29 is 9.59 Å². The lowest BCUT2D eigenvalue weighted by molar-refractivity contribution is -0.118. The van der Waals surface area contributed by atoms with E-state index in [1.165, 1.54) is 0 Å². The summed E-state index contributed by atoms with van der Waals surface area (Å²) < 4.78 is 0. The molecule has 0 aromatic heterocycles. The van der Waals surface area contributed by atoms with Gasteiger partial charge in [0.2, 0.25) is 5.91 Å². The SMILES string of the molecule is CC(C)C(NC(=O)c1ccccc1Cl)C(=O)Nc1ccc(Cl)c(Cl)c1. The molecular weight excluding hydrogens is 383 g/mol. The fourth-order valence-corrected chi connectivity index (χ4v) is 2.71. The molecule has 0 heterocycles. The maximum Gasteiger partial charge on any atom is 0.253 e. The van der Waals surface area contributed by atoms with Crippen LogP contribution in [0.25, 0.3) is 0 Å². The lowest BCUT2D eigenvalue weighted by Crippen LogP contribution is -2.47. The van der Waals surface area contributed by atoms with E-state index in [9.17, 15) is 9.59 Å². The van der Waals surface area contributed by atoms with Crippen LogP contribution in [0.15, 0.2) is 42.5 Å². The van der Waals surface area contributed by atoms with Crippen molar-refractivity contribution in [1.82, 2.24) is 5.32 Å². The molecule has 2 aromatic rings. The third-order valence-electron chi connectivity index (χ3n) is 3.54. The molecule has 7 heteroatoms. The summed E-state index contributed by atoms with van der Waals surface area (Å²) in [5.41, 5.74) is 0.814. The van der Waals surface area contributed by atoms with Gasteiger partial charge in [-0.2, -0.15) is 0 Å². The molecule has 0 saturated heterocycles. The zero-order valence-electron chi connectivity index (χ0n) is 13.6. The van der Waals surface area contributed by atoms with E-state index in [1.54, 1.807) is 42.5 Å². The third-order valence-corrected chi connectivity index (χ3v) is 4.61. The number of carbonyl (C=O) groups excluding carboxylic acids is 2. The number of nitrogens with one attached hydrogen (secondary N) is 2. The number of rotatable bonds is 5. The molecule has 0 aliphatic heterocycles. The quantitative estimate of drug-likeness (QED) is 0.740. The molecule has 1 atom stereocenters. The summed E-state index contributed by atoms with van der Waals surface area (Å²) >= 11 is 17.9. The van der Waals surface area contributed by atoms with Crippen LogP contribution in [-0.2, 0) is 4.79 Å². The zero-order valence-corrected chi connectivity index (χ0v) is 15.9. The van der Waals surface area contributed by atoms with Crippen molar-refractivity contribution in [3.63, 3.8) is 0 Å².